The molecule has 0 atom stereocenters. The summed E-state index contributed by atoms with van der Waals surface area (Å²) in [5, 5.41) is 0. The number of carbonyl (C=O) groups is 1. The molecule has 0 unspecified atom stereocenters. The normalized spacial score (nSPS) is 17.2. The third-order valence-electron chi connectivity index (χ3n) is 1.72. The van der Waals surface area contributed by atoms with E-state index in [4.69, 9.17) is 3.07 Å². The fraction of sp³-hybridized carbons (Fsp3) is 0.222. The molecule has 0 aromatic heterocycles. The average molecular weight is 346 g/mol. The summed E-state index contributed by atoms with van der Waals surface area (Å²) in [5.74, 6) is -0.594. The van der Waals surface area contributed by atoms with Crippen LogP contribution in [0.15, 0.2) is 24.3 Å². The monoisotopic (exact) mass is 346 g/mol. The minimum atomic E-state index is -4.40. The first-order chi connectivity index (χ1) is 7.47. The van der Waals surface area contributed by atoms with Crippen LogP contribution in [0.3, 0.4) is 0 Å². The van der Waals surface area contributed by atoms with Crippen molar-refractivity contribution in [2.75, 3.05) is 6.61 Å². The van der Waals surface area contributed by atoms with Gasteiger partial charge >= 0.3 is 96.9 Å². The molecule has 1 aliphatic heterocycles. The molecule has 0 amide bonds. The van der Waals surface area contributed by atoms with Gasteiger partial charge in [-0.25, -0.2) is 0 Å². The SMILES string of the molecule is O=C1OI(OCC(F)(F)F)c2ccccc21. The van der Waals surface area contributed by atoms with Gasteiger partial charge in [0.05, 0.1) is 0 Å². The Morgan fingerprint density at radius 2 is 2.00 bits per heavy atom. The zero-order valence-electron chi connectivity index (χ0n) is 7.75. The van der Waals surface area contributed by atoms with Gasteiger partial charge < -0.3 is 0 Å². The number of hydrogen-bond acceptors (Lipinski definition) is 3. The first-order valence-corrected chi connectivity index (χ1v) is 7.03. The van der Waals surface area contributed by atoms with Crippen LogP contribution in [-0.2, 0) is 6.13 Å². The molecule has 0 saturated carbocycles. The van der Waals surface area contributed by atoms with E-state index in [-0.39, 0.29) is 0 Å². The average Bonchev–Trinajstić information content (AvgIpc) is 2.53. The van der Waals surface area contributed by atoms with Crippen LogP contribution in [0.25, 0.3) is 0 Å². The maximum absolute atomic E-state index is 11.9. The zero-order chi connectivity index (χ0) is 11.8. The summed E-state index contributed by atoms with van der Waals surface area (Å²) >= 11 is -2.89. The van der Waals surface area contributed by atoms with Gasteiger partial charge in [0.1, 0.15) is 0 Å². The van der Waals surface area contributed by atoms with Crippen molar-refractivity contribution in [2.45, 2.75) is 6.18 Å². The Hall–Kier alpha value is -0.830. The molecule has 1 aromatic carbocycles. The molecule has 88 valence electrons. The van der Waals surface area contributed by atoms with Crippen LogP contribution in [-0.4, -0.2) is 18.8 Å². The van der Waals surface area contributed by atoms with Crippen molar-refractivity contribution in [3.05, 3.63) is 33.4 Å². The van der Waals surface area contributed by atoms with Crippen molar-refractivity contribution in [1.82, 2.24) is 0 Å². The Morgan fingerprint density at radius 3 is 2.69 bits per heavy atom. The van der Waals surface area contributed by atoms with E-state index in [1.165, 1.54) is 6.07 Å². The number of benzene rings is 1. The van der Waals surface area contributed by atoms with Crippen molar-refractivity contribution in [3.8, 4) is 0 Å². The molecule has 16 heavy (non-hydrogen) atoms. The van der Waals surface area contributed by atoms with Crippen LogP contribution in [0.2, 0.25) is 0 Å². The second-order valence-electron chi connectivity index (χ2n) is 2.93. The van der Waals surface area contributed by atoms with Gasteiger partial charge in [0.25, 0.3) is 0 Å². The fourth-order valence-corrected chi connectivity index (χ4v) is 4.41. The van der Waals surface area contributed by atoms with Gasteiger partial charge in [-0.1, -0.05) is 0 Å². The standard InChI is InChI=1S/C9H6F3IO3/c10-9(11,12)5-15-13-7-4-2-1-3-6(7)8(14)16-13/h1-4H,5H2. The molecule has 0 radical (unpaired) electrons. The predicted molar refractivity (Wildman–Crippen MR) is 56.6 cm³/mol. The van der Waals surface area contributed by atoms with Crippen molar-refractivity contribution in [1.29, 1.82) is 0 Å². The van der Waals surface area contributed by atoms with Crippen molar-refractivity contribution in [3.63, 3.8) is 0 Å². The van der Waals surface area contributed by atoms with E-state index >= 15 is 0 Å². The van der Waals surface area contributed by atoms with Crippen molar-refractivity contribution < 1.29 is 24.1 Å². The van der Waals surface area contributed by atoms with Gasteiger partial charge in [0.2, 0.25) is 0 Å². The fourth-order valence-electron chi connectivity index (χ4n) is 1.10. The molecule has 2 rings (SSSR count). The van der Waals surface area contributed by atoms with E-state index in [9.17, 15) is 18.0 Å². The number of hydrogen-bond donors (Lipinski definition) is 0. The van der Waals surface area contributed by atoms with Crippen molar-refractivity contribution >= 4 is 26.6 Å². The summed E-state index contributed by atoms with van der Waals surface area (Å²) in [6, 6.07) is 6.36. The number of fused-ring (bicyclic) bond motifs is 1. The number of halogens is 4. The summed E-state index contributed by atoms with van der Waals surface area (Å²) in [7, 11) is 0. The molecular weight excluding hydrogens is 340 g/mol. The molecule has 0 fully saturated rings. The molecular formula is C9H6F3IO3. The van der Waals surface area contributed by atoms with Gasteiger partial charge in [-0.15, -0.1) is 0 Å². The Morgan fingerprint density at radius 1 is 1.31 bits per heavy atom. The molecule has 1 heterocycles. The van der Waals surface area contributed by atoms with Crippen molar-refractivity contribution in [2.24, 2.45) is 0 Å². The second kappa shape index (κ2) is 4.21. The Labute approximate surface area is 97.0 Å². The number of rotatable bonds is 2. The van der Waals surface area contributed by atoms with Gasteiger partial charge in [0.15, 0.2) is 0 Å². The third-order valence-corrected chi connectivity index (χ3v) is 5.28. The molecule has 0 N–H and O–H groups in total. The molecule has 1 aliphatic rings. The Kier molecular flexibility index (Phi) is 3.06. The van der Waals surface area contributed by atoms with E-state index in [1.807, 2.05) is 0 Å². The van der Waals surface area contributed by atoms with E-state index < -0.39 is 39.4 Å². The molecule has 7 heteroatoms. The van der Waals surface area contributed by atoms with Gasteiger partial charge in [-0.2, -0.15) is 0 Å². The first kappa shape index (κ1) is 11.6. The van der Waals surface area contributed by atoms with Crippen LogP contribution in [0, 0.1) is 3.57 Å². The van der Waals surface area contributed by atoms with Gasteiger partial charge in [0, 0.05) is 0 Å². The summed E-state index contributed by atoms with van der Waals surface area (Å²) in [4.78, 5) is 11.3. The zero-order valence-corrected chi connectivity index (χ0v) is 9.91. The summed E-state index contributed by atoms with van der Waals surface area (Å²) in [6.07, 6.45) is -4.40. The minimum absolute atomic E-state index is 0.315. The maximum atomic E-state index is 11.9. The van der Waals surface area contributed by atoms with Crippen LogP contribution in [0.5, 0.6) is 0 Å². The summed E-state index contributed by atoms with van der Waals surface area (Å²) in [6.45, 7) is -1.38. The summed E-state index contributed by atoms with van der Waals surface area (Å²) < 4.78 is 45.8. The topological polar surface area (TPSA) is 35.5 Å². The number of alkyl halides is 3. The molecule has 0 aliphatic carbocycles. The van der Waals surface area contributed by atoms with Crippen LogP contribution < -0.4 is 0 Å². The van der Waals surface area contributed by atoms with Gasteiger partial charge in [-0.3, -0.25) is 0 Å². The molecule has 0 saturated heterocycles. The van der Waals surface area contributed by atoms with E-state index in [0.29, 0.717) is 9.13 Å². The summed E-state index contributed by atoms with van der Waals surface area (Å²) in [5.41, 5.74) is 0.315. The quantitative estimate of drug-likeness (QED) is 0.773. The van der Waals surface area contributed by atoms with Crippen LogP contribution in [0.1, 0.15) is 10.4 Å². The molecule has 3 nitrogen and oxygen atoms in total. The van der Waals surface area contributed by atoms with Crippen LogP contribution in [0.4, 0.5) is 13.2 Å². The second-order valence-corrected chi connectivity index (χ2v) is 6.40. The third kappa shape index (κ3) is 2.46. The van der Waals surface area contributed by atoms with Crippen LogP contribution >= 0.6 is 20.6 Å². The Bertz CT molecular complexity index is 419. The predicted octanol–water partition coefficient (Wildman–Crippen LogP) is 2.94. The molecule has 0 spiro atoms. The van der Waals surface area contributed by atoms with E-state index in [1.54, 1.807) is 18.2 Å². The molecule has 1 aromatic rings. The Balaban J connectivity index is 2.12. The number of carbonyl (C=O) groups excluding carboxylic acids is 1. The van der Waals surface area contributed by atoms with E-state index in [2.05, 4.69) is 3.07 Å². The first-order valence-electron chi connectivity index (χ1n) is 4.19. The van der Waals surface area contributed by atoms with Gasteiger partial charge in [-0.05, 0) is 0 Å². The van der Waals surface area contributed by atoms with E-state index in [0.717, 1.165) is 0 Å². The molecule has 0 bridgehead atoms.